The second-order valence-electron chi connectivity index (χ2n) is 8.16. The first-order valence-corrected chi connectivity index (χ1v) is 10.6. The molecular weight excluding hydrogens is 428 g/mol. The number of carbonyl (C=O) groups excluding carboxylic acids is 1. The quantitative estimate of drug-likeness (QED) is 0.587. The number of halogens is 2. The highest BCUT2D eigenvalue weighted by molar-refractivity contribution is 6.03. The van der Waals surface area contributed by atoms with Crippen LogP contribution in [0, 0.1) is 18.3 Å². The van der Waals surface area contributed by atoms with Crippen molar-refractivity contribution in [3.63, 3.8) is 0 Å². The summed E-state index contributed by atoms with van der Waals surface area (Å²) in [6, 6.07) is 12.1. The molecule has 1 aliphatic rings. The van der Waals surface area contributed by atoms with Crippen molar-refractivity contribution in [2.24, 2.45) is 0 Å². The average molecular weight is 456 g/mol. The van der Waals surface area contributed by atoms with E-state index < -0.39 is 12.6 Å². The molecule has 0 unspecified atom stereocenters. The predicted molar refractivity (Wildman–Crippen MR) is 122 cm³/mol. The molecule has 2 aromatic rings. The van der Waals surface area contributed by atoms with E-state index in [1.807, 2.05) is 43.0 Å². The number of hydrogen-bond donors (Lipinski definition) is 1. The Morgan fingerprint density at radius 2 is 2.03 bits per heavy atom. The maximum atomic E-state index is 13.5. The van der Waals surface area contributed by atoms with Gasteiger partial charge in [0.1, 0.15) is 5.69 Å². The number of benzene rings is 1. The number of para-hydroxylation sites is 1. The standard InChI is InChI=1S/C24H27F2N5O2/c1-15(2)19-7-5-6-8-21(19)31(18-13-30(14-18)17(4)11-12-27)24(32)29-20-10-9-16(3)28-22(20)33-23(25)26/h5-10,15,18,23H,4,11,13-14H2,1-3H3,(H,29,32). The van der Waals surface area contributed by atoms with E-state index in [2.05, 4.69) is 27.7 Å². The number of nitrogens with zero attached hydrogens (tertiary/aromatic N) is 4. The summed E-state index contributed by atoms with van der Waals surface area (Å²) in [7, 11) is 0. The lowest BCUT2D eigenvalue weighted by molar-refractivity contribution is -0.0523. The van der Waals surface area contributed by atoms with Crippen LogP contribution in [-0.2, 0) is 0 Å². The first-order chi connectivity index (χ1) is 15.7. The maximum Gasteiger partial charge on any atom is 0.388 e. The summed E-state index contributed by atoms with van der Waals surface area (Å²) >= 11 is 0. The van der Waals surface area contributed by atoms with Gasteiger partial charge in [-0.1, -0.05) is 38.6 Å². The third kappa shape index (κ3) is 5.58. The number of pyridine rings is 1. The van der Waals surface area contributed by atoms with Crippen LogP contribution in [0.15, 0.2) is 48.7 Å². The van der Waals surface area contributed by atoms with E-state index in [-0.39, 0.29) is 29.9 Å². The van der Waals surface area contributed by atoms with Crippen LogP contribution in [0.1, 0.15) is 37.4 Å². The van der Waals surface area contributed by atoms with Gasteiger partial charge in [0.25, 0.3) is 0 Å². The van der Waals surface area contributed by atoms with Crippen molar-refractivity contribution >= 4 is 17.4 Å². The molecule has 2 amide bonds. The van der Waals surface area contributed by atoms with E-state index in [0.29, 0.717) is 24.5 Å². The van der Waals surface area contributed by atoms with Crippen LogP contribution in [0.4, 0.5) is 25.0 Å². The zero-order chi connectivity index (χ0) is 24.1. The number of ether oxygens (including phenoxy) is 1. The number of nitrogens with one attached hydrogen (secondary N) is 1. The van der Waals surface area contributed by atoms with E-state index >= 15 is 0 Å². The highest BCUT2D eigenvalue weighted by Crippen LogP contribution is 2.33. The van der Waals surface area contributed by atoms with Crippen molar-refractivity contribution < 1.29 is 18.3 Å². The predicted octanol–water partition coefficient (Wildman–Crippen LogP) is 5.26. The number of rotatable bonds is 8. The SMILES string of the molecule is C=C(CC#N)N1CC(N(C(=O)Nc2ccc(C)nc2OC(F)F)c2ccccc2C(C)C)C1. The summed E-state index contributed by atoms with van der Waals surface area (Å²) in [5, 5.41) is 11.6. The molecule has 2 heterocycles. The Hall–Kier alpha value is -3.67. The molecule has 7 nitrogen and oxygen atoms in total. The van der Waals surface area contributed by atoms with E-state index in [1.54, 1.807) is 17.9 Å². The van der Waals surface area contributed by atoms with E-state index in [1.165, 1.54) is 6.07 Å². The summed E-state index contributed by atoms with van der Waals surface area (Å²) < 4.78 is 30.3. The van der Waals surface area contributed by atoms with Crippen LogP contribution in [0.25, 0.3) is 0 Å². The highest BCUT2D eigenvalue weighted by atomic mass is 19.3. The highest BCUT2D eigenvalue weighted by Gasteiger charge is 2.37. The lowest BCUT2D eigenvalue weighted by Crippen LogP contribution is -2.61. The third-order valence-electron chi connectivity index (χ3n) is 5.44. The average Bonchev–Trinajstić information content (AvgIpc) is 2.71. The summed E-state index contributed by atoms with van der Waals surface area (Å²) in [4.78, 5) is 21.1. The number of aryl methyl sites for hydroxylation is 1. The zero-order valence-corrected chi connectivity index (χ0v) is 18.9. The van der Waals surface area contributed by atoms with Crippen molar-refractivity contribution in [2.45, 2.75) is 45.8 Å². The van der Waals surface area contributed by atoms with Gasteiger partial charge in [-0.15, -0.1) is 0 Å². The molecule has 0 spiro atoms. The number of likely N-dealkylation sites (tertiary alicyclic amines) is 1. The second-order valence-corrected chi connectivity index (χ2v) is 8.16. The molecular formula is C24H27F2N5O2. The minimum absolute atomic E-state index is 0.0583. The Morgan fingerprint density at radius 3 is 2.67 bits per heavy atom. The molecule has 33 heavy (non-hydrogen) atoms. The molecule has 0 saturated carbocycles. The van der Waals surface area contributed by atoms with E-state index in [4.69, 9.17) is 5.26 Å². The number of hydrogen-bond acceptors (Lipinski definition) is 5. The van der Waals surface area contributed by atoms with Crippen molar-refractivity contribution in [1.82, 2.24) is 9.88 Å². The normalized spacial score (nSPS) is 13.5. The number of anilines is 2. The van der Waals surface area contributed by atoms with Gasteiger partial charge in [0, 0.05) is 30.2 Å². The Labute approximate surface area is 192 Å². The van der Waals surface area contributed by atoms with Crippen molar-refractivity contribution in [2.75, 3.05) is 23.3 Å². The second kappa shape index (κ2) is 10.3. The van der Waals surface area contributed by atoms with Gasteiger partial charge in [-0.3, -0.25) is 4.90 Å². The molecule has 3 rings (SSSR count). The molecule has 1 saturated heterocycles. The fraction of sp³-hybridized carbons (Fsp3) is 0.375. The van der Waals surface area contributed by atoms with Gasteiger partial charge in [0.2, 0.25) is 5.88 Å². The first-order valence-electron chi connectivity index (χ1n) is 10.6. The van der Waals surface area contributed by atoms with Gasteiger partial charge in [-0.25, -0.2) is 9.78 Å². The van der Waals surface area contributed by atoms with Gasteiger partial charge in [-0.05, 0) is 36.6 Å². The fourth-order valence-electron chi connectivity index (χ4n) is 3.72. The van der Waals surface area contributed by atoms with E-state index in [0.717, 1.165) is 11.3 Å². The number of allylic oxidation sites excluding steroid dienone is 1. The molecule has 174 valence electrons. The van der Waals surface area contributed by atoms with Gasteiger partial charge < -0.3 is 15.0 Å². The lowest BCUT2D eigenvalue weighted by Gasteiger charge is -2.47. The Balaban J connectivity index is 1.92. The molecule has 1 aromatic heterocycles. The Morgan fingerprint density at radius 1 is 1.33 bits per heavy atom. The molecule has 1 fully saturated rings. The number of amides is 2. The summed E-state index contributed by atoms with van der Waals surface area (Å²) in [6.45, 7) is 7.59. The first kappa shape index (κ1) is 24.0. The fourth-order valence-corrected chi connectivity index (χ4v) is 3.72. The number of aromatic nitrogens is 1. The Kier molecular flexibility index (Phi) is 7.48. The largest absolute Gasteiger partial charge is 0.415 e. The van der Waals surface area contributed by atoms with Crippen molar-refractivity contribution in [3.8, 4) is 11.9 Å². The monoisotopic (exact) mass is 455 g/mol. The maximum absolute atomic E-state index is 13.5. The summed E-state index contributed by atoms with van der Waals surface area (Å²) in [5.74, 6) is -0.187. The molecule has 0 aliphatic carbocycles. The molecule has 0 bridgehead atoms. The van der Waals surface area contributed by atoms with Crippen LogP contribution in [-0.4, -0.2) is 41.7 Å². The van der Waals surface area contributed by atoms with Crippen LogP contribution in [0.2, 0.25) is 0 Å². The topological polar surface area (TPSA) is 81.5 Å². The van der Waals surface area contributed by atoms with Gasteiger partial charge in [0.05, 0.1) is 18.5 Å². The van der Waals surface area contributed by atoms with Crippen LogP contribution >= 0.6 is 0 Å². The molecule has 0 radical (unpaired) electrons. The van der Waals surface area contributed by atoms with Crippen LogP contribution < -0.4 is 15.0 Å². The van der Waals surface area contributed by atoms with Crippen molar-refractivity contribution in [3.05, 3.63) is 59.9 Å². The van der Waals surface area contributed by atoms with Crippen LogP contribution in [0.3, 0.4) is 0 Å². The molecule has 1 aromatic carbocycles. The molecule has 1 aliphatic heterocycles. The van der Waals surface area contributed by atoms with Gasteiger partial charge >= 0.3 is 12.6 Å². The van der Waals surface area contributed by atoms with Crippen molar-refractivity contribution in [1.29, 1.82) is 5.26 Å². The van der Waals surface area contributed by atoms with Gasteiger partial charge in [0.15, 0.2) is 0 Å². The molecule has 0 atom stereocenters. The van der Waals surface area contributed by atoms with E-state index in [9.17, 15) is 13.6 Å². The molecule has 9 heteroatoms. The van der Waals surface area contributed by atoms with Crippen LogP contribution in [0.5, 0.6) is 5.88 Å². The van der Waals surface area contributed by atoms with Gasteiger partial charge in [-0.2, -0.15) is 14.0 Å². The Bertz CT molecular complexity index is 1060. The lowest BCUT2D eigenvalue weighted by atomic mass is 9.97. The zero-order valence-electron chi connectivity index (χ0n) is 18.9. The third-order valence-corrected chi connectivity index (χ3v) is 5.44. The molecule has 1 N–H and O–H groups in total. The number of carbonyl (C=O) groups is 1. The summed E-state index contributed by atoms with van der Waals surface area (Å²) in [5.41, 5.74) is 2.95. The smallest absolute Gasteiger partial charge is 0.388 e. The number of urea groups is 1. The minimum Gasteiger partial charge on any atom is -0.415 e. The summed E-state index contributed by atoms with van der Waals surface area (Å²) in [6.07, 6.45) is 0.213. The number of nitriles is 1. The minimum atomic E-state index is -3.07. The number of alkyl halides is 2.